The van der Waals surface area contributed by atoms with Crippen LogP contribution in [-0.4, -0.2) is 0 Å². The van der Waals surface area contributed by atoms with Gasteiger partial charge in [-0.15, -0.1) is 0 Å². The van der Waals surface area contributed by atoms with Gasteiger partial charge in [0.2, 0.25) is 0 Å². The molecular formula is C39H64. The second-order valence-electron chi connectivity index (χ2n) is 19.0. The highest BCUT2D eigenvalue weighted by Crippen LogP contribution is 2.52. The molecule has 0 heterocycles. The van der Waals surface area contributed by atoms with E-state index in [0.29, 0.717) is 0 Å². The molecule has 220 valence electrons. The minimum atomic E-state index is -0.200. The van der Waals surface area contributed by atoms with Gasteiger partial charge in [0.25, 0.3) is 0 Å². The van der Waals surface area contributed by atoms with Crippen LogP contribution in [-0.2, 0) is 37.9 Å². The van der Waals surface area contributed by atoms with Crippen LogP contribution in [0.1, 0.15) is 183 Å². The van der Waals surface area contributed by atoms with Gasteiger partial charge in [-0.2, -0.15) is 0 Å². The van der Waals surface area contributed by atoms with E-state index in [1.807, 2.05) is 0 Å². The third-order valence-electron chi connectivity index (χ3n) is 8.44. The van der Waals surface area contributed by atoms with Gasteiger partial charge in [0.15, 0.2) is 0 Å². The molecule has 0 aliphatic heterocycles. The molecule has 0 amide bonds. The van der Waals surface area contributed by atoms with Crippen molar-refractivity contribution in [3.05, 3.63) is 68.8 Å². The standard InChI is InChI=1S/C39H64/c1-33(2,3)25-23-28(36(10,11)12)30(29(24-25)37(13,14)15)39(19,20)32-27(35(7,8)9)22-21-26(34(4,5)6)31(32)38(16,17)18/h21-24H,1-20H3. The van der Waals surface area contributed by atoms with Gasteiger partial charge in [-0.1, -0.05) is 163 Å². The van der Waals surface area contributed by atoms with E-state index in [9.17, 15) is 0 Å². The fourth-order valence-electron chi connectivity index (χ4n) is 6.34. The molecule has 0 saturated heterocycles. The van der Waals surface area contributed by atoms with Crippen molar-refractivity contribution >= 4 is 0 Å². The van der Waals surface area contributed by atoms with Gasteiger partial charge in [0.1, 0.15) is 0 Å². The van der Waals surface area contributed by atoms with Crippen molar-refractivity contribution in [3.8, 4) is 0 Å². The van der Waals surface area contributed by atoms with Crippen LogP contribution in [0.3, 0.4) is 0 Å². The molecule has 0 radical (unpaired) electrons. The maximum absolute atomic E-state index is 2.55. The van der Waals surface area contributed by atoms with Crippen LogP contribution in [0.15, 0.2) is 24.3 Å². The second-order valence-corrected chi connectivity index (χ2v) is 19.0. The monoisotopic (exact) mass is 533 g/mol. The second kappa shape index (κ2) is 9.77. The summed E-state index contributed by atoms with van der Waals surface area (Å²) in [5, 5.41) is 0. The van der Waals surface area contributed by atoms with Gasteiger partial charge >= 0.3 is 0 Å². The number of rotatable bonds is 2. The van der Waals surface area contributed by atoms with E-state index in [2.05, 4.69) is 163 Å². The maximum Gasteiger partial charge on any atom is 0.0158 e. The quantitative estimate of drug-likeness (QED) is 0.361. The first-order valence-electron chi connectivity index (χ1n) is 15.3. The van der Waals surface area contributed by atoms with E-state index in [1.54, 1.807) is 0 Å². The Kier molecular flexibility index (Phi) is 8.43. The SMILES string of the molecule is CC(C)(C)c1cc(C(C)(C)C)c(C(C)(C)c2c(C(C)(C)C)ccc(C(C)(C)C)c2C(C)(C)C)c(C(C)(C)C)c1. The molecule has 0 N–H and O–H groups in total. The lowest BCUT2D eigenvalue weighted by atomic mass is 9.58. The first kappa shape index (κ1) is 33.6. The van der Waals surface area contributed by atoms with Gasteiger partial charge in [0.05, 0.1) is 0 Å². The third kappa shape index (κ3) is 6.85. The molecule has 0 fully saturated rings. The Bertz CT molecular complexity index is 1150. The Balaban J connectivity index is 3.39. The zero-order valence-corrected chi connectivity index (χ0v) is 29.8. The van der Waals surface area contributed by atoms with Crippen LogP contribution in [0.4, 0.5) is 0 Å². The fourth-order valence-corrected chi connectivity index (χ4v) is 6.34. The van der Waals surface area contributed by atoms with Gasteiger partial charge in [-0.05, 0) is 77.0 Å². The lowest BCUT2D eigenvalue weighted by Gasteiger charge is -2.45. The molecule has 0 aromatic heterocycles. The fraction of sp³-hybridized carbons (Fsp3) is 0.692. The Morgan fingerprint density at radius 2 is 0.615 bits per heavy atom. The summed E-state index contributed by atoms with van der Waals surface area (Å²) in [5.41, 5.74) is 12.0. The topological polar surface area (TPSA) is 0 Å². The van der Waals surface area contributed by atoms with Crippen molar-refractivity contribution in [2.45, 2.75) is 176 Å². The number of hydrogen-bond donors (Lipinski definition) is 0. The third-order valence-corrected chi connectivity index (χ3v) is 8.44. The molecule has 0 unspecified atom stereocenters. The molecule has 2 rings (SSSR count). The van der Waals surface area contributed by atoms with Crippen LogP contribution < -0.4 is 0 Å². The van der Waals surface area contributed by atoms with Crippen molar-refractivity contribution in [1.82, 2.24) is 0 Å². The zero-order chi connectivity index (χ0) is 30.9. The van der Waals surface area contributed by atoms with E-state index < -0.39 is 0 Å². The Morgan fingerprint density at radius 1 is 0.308 bits per heavy atom. The summed E-state index contributed by atoms with van der Waals surface area (Å²) >= 11 is 0. The van der Waals surface area contributed by atoms with E-state index in [4.69, 9.17) is 0 Å². The molecular weight excluding hydrogens is 468 g/mol. The predicted molar refractivity (Wildman–Crippen MR) is 177 cm³/mol. The molecule has 2 aromatic carbocycles. The molecule has 0 saturated carbocycles. The lowest BCUT2D eigenvalue weighted by Crippen LogP contribution is -2.37. The van der Waals surface area contributed by atoms with Crippen LogP contribution in [0.2, 0.25) is 0 Å². The highest BCUT2D eigenvalue weighted by Gasteiger charge is 2.43. The van der Waals surface area contributed by atoms with Crippen molar-refractivity contribution in [3.63, 3.8) is 0 Å². The summed E-state index contributed by atoms with van der Waals surface area (Å²) in [6.07, 6.45) is 0. The number of benzene rings is 2. The van der Waals surface area contributed by atoms with Gasteiger partial charge in [0, 0.05) is 5.41 Å². The molecule has 0 spiro atoms. The van der Waals surface area contributed by atoms with Crippen molar-refractivity contribution in [2.75, 3.05) is 0 Å². The van der Waals surface area contributed by atoms with Crippen molar-refractivity contribution < 1.29 is 0 Å². The molecule has 0 aliphatic rings. The summed E-state index contributed by atoms with van der Waals surface area (Å²) in [4.78, 5) is 0. The van der Waals surface area contributed by atoms with E-state index in [-0.39, 0.29) is 37.9 Å². The summed E-state index contributed by atoms with van der Waals surface area (Å²) in [5.74, 6) is 0. The van der Waals surface area contributed by atoms with Crippen LogP contribution in [0.5, 0.6) is 0 Å². The van der Waals surface area contributed by atoms with E-state index in [0.717, 1.165) is 0 Å². The first-order chi connectivity index (χ1) is 16.9. The van der Waals surface area contributed by atoms with Gasteiger partial charge in [-0.25, -0.2) is 0 Å². The predicted octanol–water partition coefficient (Wildman–Crippen LogP) is 11.8. The van der Waals surface area contributed by atoms with Crippen LogP contribution >= 0.6 is 0 Å². The maximum atomic E-state index is 2.55. The molecule has 0 nitrogen and oxygen atoms in total. The molecule has 0 heteroatoms. The minimum Gasteiger partial charge on any atom is -0.0579 e. The van der Waals surface area contributed by atoms with Crippen molar-refractivity contribution in [2.24, 2.45) is 0 Å². The van der Waals surface area contributed by atoms with Gasteiger partial charge < -0.3 is 0 Å². The molecule has 39 heavy (non-hydrogen) atoms. The lowest BCUT2D eigenvalue weighted by molar-refractivity contribution is 0.469. The zero-order valence-electron chi connectivity index (χ0n) is 29.8. The molecule has 0 atom stereocenters. The Morgan fingerprint density at radius 3 is 0.872 bits per heavy atom. The van der Waals surface area contributed by atoms with E-state index in [1.165, 1.54) is 44.5 Å². The smallest absolute Gasteiger partial charge is 0.0158 e. The summed E-state index contributed by atoms with van der Waals surface area (Å²) in [6.45, 7) is 48.1. The average Bonchev–Trinajstić information content (AvgIpc) is 2.67. The Hall–Kier alpha value is -1.56. The Labute approximate surface area is 244 Å². The minimum absolute atomic E-state index is 0.00557. The largest absolute Gasteiger partial charge is 0.0579 e. The normalized spacial score (nSPS) is 14.7. The molecule has 0 aliphatic carbocycles. The summed E-state index contributed by atoms with van der Waals surface area (Å²) in [7, 11) is 0. The van der Waals surface area contributed by atoms with Crippen LogP contribution in [0.25, 0.3) is 0 Å². The first-order valence-corrected chi connectivity index (χ1v) is 15.3. The van der Waals surface area contributed by atoms with Gasteiger partial charge in [-0.3, -0.25) is 0 Å². The molecule has 2 aromatic rings. The highest BCUT2D eigenvalue weighted by atomic mass is 14.5. The van der Waals surface area contributed by atoms with E-state index >= 15 is 0 Å². The average molecular weight is 533 g/mol. The summed E-state index contributed by atoms with van der Waals surface area (Å²) < 4.78 is 0. The summed E-state index contributed by atoms with van der Waals surface area (Å²) in [6, 6.07) is 10.0. The number of hydrogen-bond acceptors (Lipinski definition) is 0. The van der Waals surface area contributed by atoms with Crippen molar-refractivity contribution in [1.29, 1.82) is 0 Å². The highest BCUT2D eigenvalue weighted by molar-refractivity contribution is 5.61. The van der Waals surface area contributed by atoms with Crippen LogP contribution in [0, 0.1) is 0 Å². The molecule has 0 bridgehead atoms.